The topological polar surface area (TPSA) is 139 Å². The van der Waals surface area contributed by atoms with Gasteiger partial charge in [0.15, 0.2) is 0 Å². The Morgan fingerprint density at radius 1 is 1.02 bits per heavy atom. The van der Waals surface area contributed by atoms with Gasteiger partial charge in [-0.1, -0.05) is 12.1 Å². The maximum atomic E-state index is 13.6. The largest absolute Gasteiger partial charge is 0.455 e. The number of hydrogen-bond donors (Lipinski definition) is 2. The Balaban J connectivity index is 1.50. The number of nitrogens with two attached hydrogens (primary N) is 1. The fourth-order valence-electron chi connectivity index (χ4n) is 5.12. The van der Waals surface area contributed by atoms with Gasteiger partial charge >= 0.3 is 0 Å². The lowest BCUT2D eigenvalue weighted by Gasteiger charge is -2.29. The molecule has 0 saturated heterocycles. The molecule has 3 N–H and O–H groups in total. The zero-order valence-corrected chi connectivity index (χ0v) is 24.3. The lowest BCUT2D eigenvalue weighted by Crippen LogP contribution is -2.39. The van der Waals surface area contributed by atoms with Crippen LogP contribution in [-0.4, -0.2) is 50.1 Å². The Hall–Kier alpha value is -5.30. The van der Waals surface area contributed by atoms with E-state index < -0.39 is 21.7 Å². The summed E-state index contributed by atoms with van der Waals surface area (Å²) in [7, 11) is -2.42. The smallest absolute Gasteiger partial charge is 0.259 e. The first-order chi connectivity index (χ1) is 20.9. The number of pyridine rings is 1. The number of hydrogen-bond acceptors (Lipinski definition) is 7. The number of carbonyl (C=O) groups excluding carboxylic acids is 2. The average molecular weight is 618 g/mol. The number of aromatic nitrogens is 1. The molecule has 0 aliphatic carbocycles. The first-order valence-electron chi connectivity index (χ1n) is 13.3. The van der Waals surface area contributed by atoms with Crippen LogP contribution in [0.5, 0.6) is 0 Å². The van der Waals surface area contributed by atoms with E-state index in [0.717, 1.165) is 16.1 Å². The van der Waals surface area contributed by atoms with Gasteiger partial charge in [-0.2, -0.15) is 0 Å². The minimum Gasteiger partial charge on any atom is -0.455 e. The zero-order valence-electron chi connectivity index (χ0n) is 23.5. The quantitative estimate of drug-likeness (QED) is 0.263. The van der Waals surface area contributed by atoms with Gasteiger partial charge in [-0.25, -0.2) is 22.2 Å². The Labute approximate surface area is 250 Å². The number of nitrogens with zero attached hydrogens (tertiary/aromatic N) is 3. The number of benzene rings is 3. The van der Waals surface area contributed by atoms with Crippen LogP contribution in [-0.2, 0) is 16.6 Å². The third-order valence-electron chi connectivity index (χ3n) is 7.44. The Morgan fingerprint density at radius 3 is 2.32 bits per heavy atom. The van der Waals surface area contributed by atoms with E-state index in [0.29, 0.717) is 22.5 Å². The number of nitrogens with one attached hydrogen (secondary N) is 1. The average Bonchev–Trinajstić information content (AvgIpc) is 3.37. The monoisotopic (exact) mass is 617 g/mol. The van der Waals surface area contributed by atoms with E-state index in [1.165, 1.54) is 60.6 Å². The van der Waals surface area contributed by atoms with Gasteiger partial charge in [0.1, 0.15) is 28.8 Å². The summed E-state index contributed by atoms with van der Waals surface area (Å²) < 4.78 is 59.4. The second kappa shape index (κ2) is 10.8. The molecule has 10 nitrogen and oxygen atoms in total. The van der Waals surface area contributed by atoms with Crippen molar-refractivity contribution < 1.29 is 31.2 Å². The molecule has 3 aromatic carbocycles. The molecule has 0 spiro atoms. The molecule has 0 atom stereocenters. The highest BCUT2D eigenvalue weighted by Gasteiger charge is 2.29. The molecule has 0 saturated carbocycles. The lowest BCUT2D eigenvalue weighted by molar-refractivity contribution is 0.0745. The molecule has 5 aromatic rings. The zero-order chi connectivity index (χ0) is 31.3. The van der Waals surface area contributed by atoms with Crippen molar-refractivity contribution >= 4 is 44.3 Å². The number of primary amides is 1. The molecule has 44 heavy (non-hydrogen) atoms. The molecule has 2 aromatic heterocycles. The van der Waals surface area contributed by atoms with E-state index in [4.69, 9.17) is 10.2 Å². The summed E-state index contributed by atoms with van der Waals surface area (Å²) in [5.74, 6) is -1.58. The molecule has 6 rings (SSSR count). The van der Waals surface area contributed by atoms with E-state index in [1.807, 2.05) is 0 Å². The molecule has 0 fully saturated rings. The van der Waals surface area contributed by atoms with Gasteiger partial charge in [-0.15, -0.1) is 0 Å². The van der Waals surface area contributed by atoms with Gasteiger partial charge in [0.05, 0.1) is 29.7 Å². The summed E-state index contributed by atoms with van der Waals surface area (Å²) >= 11 is 0. The van der Waals surface area contributed by atoms with Crippen molar-refractivity contribution in [3.05, 3.63) is 101 Å². The minimum atomic E-state index is -3.78. The van der Waals surface area contributed by atoms with Gasteiger partial charge in [0.2, 0.25) is 10.0 Å². The third kappa shape index (κ3) is 5.22. The van der Waals surface area contributed by atoms with Crippen molar-refractivity contribution in [3.63, 3.8) is 0 Å². The minimum absolute atomic E-state index is 0.0237. The maximum Gasteiger partial charge on any atom is 0.259 e. The van der Waals surface area contributed by atoms with Gasteiger partial charge in [0, 0.05) is 47.9 Å². The summed E-state index contributed by atoms with van der Waals surface area (Å²) in [6, 6.07) is 15.7. The second-order valence-electron chi connectivity index (χ2n) is 10.4. The van der Waals surface area contributed by atoms with Crippen LogP contribution in [0.15, 0.2) is 77.3 Å². The number of anilines is 2. The molecule has 3 heterocycles. The van der Waals surface area contributed by atoms with Gasteiger partial charge in [-0.05, 0) is 54.1 Å². The molecule has 2 amide bonds. The second-order valence-corrected chi connectivity index (χ2v) is 12.4. The third-order valence-corrected chi connectivity index (χ3v) is 8.63. The van der Waals surface area contributed by atoms with Crippen molar-refractivity contribution in [2.45, 2.75) is 6.54 Å². The van der Waals surface area contributed by atoms with Crippen LogP contribution in [0.3, 0.4) is 0 Å². The summed E-state index contributed by atoms with van der Waals surface area (Å²) in [5, 5.41) is 3.39. The standard InChI is InChI=1S/C31H25F2N5O5S/c1-37(44(2,41)42)25-13-26-23(27(29(34)39)28(43-26)18-5-9-21(33)10-6-18)12-22(25)19-11-24-30(35-14-19)36-16-38(31(24)40)15-17-3-7-20(32)8-4-17/h3-14H,15-16H2,1-2H3,(H2,34,39)(H,35,36). The highest BCUT2D eigenvalue weighted by Crippen LogP contribution is 2.41. The fraction of sp³-hybridized carbons (Fsp3) is 0.129. The van der Waals surface area contributed by atoms with Gasteiger partial charge < -0.3 is 20.4 Å². The summed E-state index contributed by atoms with van der Waals surface area (Å²) in [5.41, 5.74) is 8.23. The highest BCUT2D eigenvalue weighted by atomic mass is 32.2. The number of sulfonamides is 1. The van der Waals surface area contributed by atoms with Gasteiger partial charge in [0.25, 0.3) is 11.8 Å². The Morgan fingerprint density at radius 2 is 1.68 bits per heavy atom. The molecular weight excluding hydrogens is 592 g/mol. The fourth-order valence-corrected chi connectivity index (χ4v) is 5.63. The molecule has 13 heteroatoms. The SMILES string of the molecule is CN(c1cc2oc(-c3ccc(F)cc3)c(C(N)=O)c2cc1-c1cnc2c(c1)C(=O)N(Cc1ccc(F)cc1)CN2)S(C)(=O)=O. The molecule has 1 aliphatic heterocycles. The van der Waals surface area contributed by atoms with Crippen LogP contribution in [0.4, 0.5) is 20.3 Å². The molecular formula is C31H25F2N5O5S. The van der Waals surface area contributed by atoms with Crippen molar-refractivity contribution in [1.29, 1.82) is 0 Å². The normalized spacial score (nSPS) is 13.1. The molecule has 0 bridgehead atoms. The van der Waals surface area contributed by atoms with Crippen LogP contribution in [0.2, 0.25) is 0 Å². The van der Waals surface area contributed by atoms with Crippen LogP contribution in [0.1, 0.15) is 26.3 Å². The molecule has 224 valence electrons. The number of furan rings is 1. The molecule has 0 unspecified atom stereocenters. The van der Waals surface area contributed by atoms with Gasteiger partial charge in [-0.3, -0.25) is 13.9 Å². The van der Waals surface area contributed by atoms with Crippen LogP contribution >= 0.6 is 0 Å². The number of amides is 2. The first kappa shape index (κ1) is 28.8. The molecule has 1 aliphatic rings. The van der Waals surface area contributed by atoms with Crippen LogP contribution in [0, 0.1) is 11.6 Å². The first-order valence-corrected chi connectivity index (χ1v) is 15.1. The number of halogens is 2. The highest BCUT2D eigenvalue weighted by molar-refractivity contribution is 7.92. The van der Waals surface area contributed by atoms with Crippen LogP contribution in [0.25, 0.3) is 33.4 Å². The van der Waals surface area contributed by atoms with E-state index in [2.05, 4.69) is 10.3 Å². The maximum absolute atomic E-state index is 13.6. The molecule has 0 radical (unpaired) electrons. The van der Waals surface area contributed by atoms with E-state index in [1.54, 1.807) is 24.3 Å². The predicted octanol–water partition coefficient (Wildman–Crippen LogP) is 4.96. The number of rotatable bonds is 7. The van der Waals surface area contributed by atoms with Crippen molar-refractivity contribution in [2.75, 3.05) is 29.6 Å². The van der Waals surface area contributed by atoms with Crippen LogP contribution < -0.4 is 15.4 Å². The summed E-state index contributed by atoms with van der Waals surface area (Å²) in [4.78, 5) is 32.2. The van der Waals surface area contributed by atoms with E-state index in [9.17, 15) is 26.8 Å². The van der Waals surface area contributed by atoms with Crippen molar-refractivity contribution in [2.24, 2.45) is 5.73 Å². The number of carbonyl (C=O) groups is 2. The summed E-state index contributed by atoms with van der Waals surface area (Å²) in [6.45, 7) is 0.389. The lowest BCUT2D eigenvalue weighted by atomic mass is 9.98. The predicted molar refractivity (Wildman–Crippen MR) is 161 cm³/mol. The van der Waals surface area contributed by atoms with E-state index in [-0.39, 0.29) is 58.5 Å². The number of fused-ring (bicyclic) bond motifs is 2. The Bertz CT molecular complexity index is 2060. The van der Waals surface area contributed by atoms with Crippen molar-refractivity contribution in [1.82, 2.24) is 9.88 Å². The Kier molecular flexibility index (Phi) is 7.04. The summed E-state index contributed by atoms with van der Waals surface area (Å²) in [6.07, 6.45) is 2.52. The van der Waals surface area contributed by atoms with Crippen molar-refractivity contribution in [3.8, 4) is 22.5 Å². The van der Waals surface area contributed by atoms with E-state index >= 15 is 0 Å².